The molecule has 0 bridgehead atoms. The first-order valence-electron chi connectivity index (χ1n) is 9.41. The molecule has 0 saturated carbocycles. The van der Waals surface area contributed by atoms with E-state index >= 15 is 0 Å². The summed E-state index contributed by atoms with van der Waals surface area (Å²) in [7, 11) is 1.46. The topological polar surface area (TPSA) is 132 Å². The van der Waals surface area contributed by atoms with Crippen LogP contribution in [0.1, 0.15) is 11.1 Å². The lowest BCUT2D eigenvalue weighted by atomic mass is 9.94. The first-order valence-corrected chi connectivity index (χ1v) is 9.41. The molecule has 0 aliphatic carbocycles. The van der Waals surface area contributed by atoms with Crippen molar-refractivity contribution in [1.82, 2.24) is 15.2 Å². The van der Waals surface area contributed by atoms with Crippen LogP contribution in [0.25, 0.3) is 10.9 Å². The summed E-state index contributed by atoms with van der Waals surface area (Å²) in [5, 5.41) is 34.5. The predicted molar refractivity (Wildman–Crippen MR) is 109 cm³/mol. The molecule has 0 radical (unpaired) electrons. The van der Waals surface area contributed by atoms with Gasteiger partial charge in [-0.1, -0.05) is 36.4 Å². The summed E-state index contributed by atoms with van der Waals surface area (Å²) >= 11 is 0. The maximum Gasteiger partial charge on any atom is 0.276 e. The van der Waals surface area contributed by atoms with Gasteiger partial charge in [0.1, 0.15) is 6.04 Å². The number of benzene rings is 2. The molecule has 2 atom stereocenters. The monoisotopic (exact) mass is 409 g/mol. The largest absolute Gasteiger partial charge is 0.733 e. The third kappa shape index (κ3) is 3.39. The zero-order valence-electron chi connectivity index (χ0n) is 16.2. The van der Waals surface area contributed by atoms with Gasteiger partial charge in [0, 0.05) is 37.0 Å². The lowest BCUT2D eigenvalue weighted by Crippen LogP contribution is -2.70. The molecular formula is C21H21N4O5-. The zero-order valence-corrected chi connectivity index (χ0v) is 16.2. The third-order valence-corrected chi connectivity index (χ3v) is 5.46. The number of rotatable bonds is 5. The predicted octanol–water partition coefficient (Wildman–Crippen LogP) is 1.29. The molecule has 1 aliphatic rings. The molecule has 30 heavy (non-hydrogen) atoms. The van der Waals surface area contributed by atoms with Crippen molar-refractivity contribution in [3.05, 3.63) is 71.1 Å². The number of nitrogens with one attached hydrogen (secondary N) is 2. The van der Waals surface area contributed by atoms with E-state index in [4.69, 9.17) is 0 Å². The standard InChI is InChI=1S/C21H21N4O5/c1-24-17(10-14-12-22-15-8-5-9-16(18(14)15)25(29)30)19(26)23-21(28,20(24)27)11-13-6-3-2-4-7-13/h2-9,12,17,22,28-29H,10-11H2,1H3,(H,23,26)/q-1/t17-,21+/m0/s1. The van der Waals surface area contributed by atoms with E-state index in [1.807, 2.05) is 6.07 Å². The highest BCUT2D eigenvalue weighted by molar-refractivity contribution is 6.00. The molecule has 1 aliphatic heterocycles. The summed E-state index contributed by atoms with van der Waals surface area (Å²) in [5.74, 6) is -1.13. The van der Waals surface area contributed by atoms with Crippen molar-refractivity contribution < 1.29 is 19.9 Å². The van der Waals surface area contributed by atoms with Crippen LogP contribution in [-0.2, 0) is 22.4 Å². The number of amides is 2. The minimum atomic E-state index is -2.04. The second kappa shape index (κ2) is 7.45. The number of aliphatic hydroxyl groups is 1. The van der Waals surface area contributed by atoms with Crippen LogP contribution in [0.15, 0.2) is 54.7 Å². The summed E-state index contributed by atoms with van der Waals surface area (Å²) in [4.78, 5) is 30.0. The molecule has 2 amide bonds. The normalized spacial score (nSPS) is 21.7. The Balaban J connectivity index is 1.61. The van der Waals surface area contributed by atoms with Gasteiger partial charge in [0.25, 0.3) is 5.91 Å². The van der Waals surface area contributed by atoms with Gasteiger partial charge in [0.15, 0.2) is 0 Å². The maximum absolute atomic E-state index is 12.9. The highest BCUT2D eigenvalue weighted by Gasteiger charge is 2.48. The maximum atomic E-state index is 12.9. The van der Waals surface area contributed by atoms with Crippen LogP contribution in [0.4, 0.5) is 5.69 Å². The summed E-state index contributed by atoms with van der Waals surface area (Å²) < 4.78 is 0. The quantitative estimate of drug-likeness (QED) is 0.470. The molecular weight excluding hydrogens is 388 g/mol. The van der Waals surface area contributed by atoms with Crippen LogP contribution in [0.2, 0.25) is 0 Å². The van der Waals surface area contributed by atoms with Gasteiger partial charge in [-0.05, 0) is 23.3 Å². The van der Waals surface area contributed by atoms with Gasteiger partial charge in [-0.3, -0.25) is 14.8 Å². The van der Waals surface area contributed by atoms with E-state index in [1.54, 1.807) is 42.6 Å². The Hall–Kier alpha value is -3.40. The van der Waals surface area contributed by atoms with Gasteiger partial charge >= 0.3 is 0 Å². The number of piperazine rings is 1. The van der Waals surface area contributed by atoms with Crippen LogP contribution < -0.4 is 10.5 Å². The number of H-pyrrole nitrogens is 1. The number of hydrogen-bond donors (Lipinski definition) is 4. The molecule has 9 nitrogen and oxygen atoms in total. The van der Waals surface area contributed by atoms with Crippen LogP contribution >= 0.6 is 0 Å². The first-order chi connectivity index (χ1) is 14.3. The minimum Gasteiger partial charge on any atom is -0.733 e. The summed E-state index contributed by atoms with van der Waals surface area (Å²) in [6.45, 7) is 0. The van der Waals surface area contributed by atoms with Gasteiger partial charge < -0.3 is 30.7 Å². The molecule has 0 unspecified atom stereocenters. The molecule has 2 aromatic carbocycles. The van der Waals surface area contributed by atoms with E-state index in [0.717, 1.165) is 0 Å². The molecule has 4 rings (SSSR count). The zero-order chi connectivity index (χ0) is 21.5. The van der Waals surface area contributed by atoms with Crippen LogP contribution in [0.3, 0.4) is 0 Å². The number of hydrogen-bond acceptors (Lipinski definition) is 6. The fraction of sp³-hybridized carbons (Fsp3) is 0.238. The van der Waals surface area contributed by atoms with Gasteiger partial charge in [-0.15, -0.1) is 0 Å². The van der Waals surface area contributed by atoms with Crippen molar-refractivity contribution in [3.63, 3.8) is 0 Å². The van der Waals surface area contributed by atoms with Gasteiger partial charge in [0.2, 0.25) is 11.6 Å². The third-order valence-electron chi connectivity index (χ3n) is 5.46. The van der Waals surface area contributed by atoms with E-state index in [1.165, 1.54) is 18.0 Å². The van der Waals surface area contributed by atoms with Crippen molar-refractivity contribution >= 4 is 28.4 Å². The van der Waals surface area contributed by atoms with Crippen LogP contribution in [0, 0.1) is 5.21 Å². The van der Waals surface area contributed by atoms with Gasteiger partial charge in [0.05, 0.1) is 5.69 Å². The van der Waals surface area contributed by atoms with Crippen molar-refractivity contribution in [1.29, 1.82) is 0 Å². The Morgan fingerprint density at radius 3 is 2.60 bits per heavy atom. The van der Waals surface area contributed by atoms with Gasteiger partial charge in [-0.25, -0.2) is 0 Å². The van der Waals surface area contributed by atoms with Crippen molar-refractivity contribution in [3.8, 4) is 0 Å². The number of nitrogens with zero attached hydrogens (tertiary/aromatic N) is 2. The van der Waals surface area contributed by atoms with E-state index in [2.05, 4.69) is 10.3 Å². The Bertz CT molecular complexity index is 1100. The Morgan fingerprint density at radius 2 is 1.90 bits per heavy atom. The van der Waals surface area contributed by atoms with Crippen LogP contribution in [0.5, 0.6) is 0 Å². The molecule has 156 valence electrons. The number of anilines is 1. The fourth-order valence-corrected chi connectivity index (χ4v) is 3.95. The summed E-state index contributed by atoms with van der Waals surface area (Å²) in [6, 6.07) is 12.8. The molecule has 3 aromatic rings. The molecule has 1 saturated heterocycles. The number of fused-ring (bicyclic) bond motifs is 1. The van der Waals surface area contributed by atoms with Crippen molar-refractivity contribution in [2.24, 2.45) is 0 Å². The lowest BCUT2D eigenvalue weighted by Gasteiger charge is -2.41. The van der Waals surface area contributed by atoms with E-state index in [-0.39, 0.29) is 23.8 Å². The molecule has 0 spiro atoms. The van der Waals surface area contributed by atoms with Gasteiger partial charge in [-0.2, -0.15) is 0 Å². The second-order valence-corrected chi connectivity index (χ2v) is 7.43. The molecule has 2 heterocycles. The Labute approximate surface area is 172 Å². The van der Waals surface area contributed by atoms with E-state index < -0.39 is 23.6 Å². The van der Waals surface area contributed by atoms with E-state index in [9.17, 15) is 25.1 Å². The summed E-state index contributed by atoms with van der Waals surface area (Å²) in [5.41, 5.74) is -0.0897. The highest BCUT2D eigenvalue weighted by atomic mass is 16.8. The minimum absolute atomic E-state index is 0.0366. The number of aromatic amines is 1. The number of likely N-dealkylation sites (N-methyl/N-ethyl adjacent to an activating group) is 1. The van der Waals surface area contributed by atoms with Crippen molar-refractivity contribution in [2.45, 2.75) is 24.6 Å². The number of aromatic nitrogens is 1. The highest BCUT2D eigenvalue weighted by Crippen LogP contribution is 2.31. The molecule has 9 heteroatoms. The first kappa shape index (κ1) is 19.9. The Morgan fingerprint density at radius 1 is 1.17 bits per heavy atom. The molecule has 1 aromatic heterocycles. The number of carbonyl (C=O) groups excluding carboxylic acids is 2. The molecule has 1 fully saturated rings. The second-order valence-electron chi connectivity index (χ2n) is 7.43. The summed E-state index contributed by atoms with van der Waals surface area (Å²) in [6.07, 6.45) is 1.68. The average molecular weight is 409 g/mol. The van der Waals surface area contributed by atoms with Crippen molar-refractivity contribution in [2.75, 3.05) is 12.3 Å². The fourth-order valence-electron chi connectivity index (χ4n) is 3.95. The van der Waals surface area contributed by atoms with E-state index in [0.29, 0.717) is 22.0 Å². The average Bonchev–Trinajstić information content (AvgIpc) is 3.13. The Kier molecular flexibility index (Phi) is 4.94. The lowest BCUT2D eigenvalue weighted by molar-refractivity contribution is -0.170. The molecule has 4 N–H and O–H groups in total. The number of carbonyl (C=O) groups is 2. The van der Waals surface area contributed by atoms with Crippen LogP contribution in [-0.4, -0.2) is 50.8 Å². The SMILES string of the molecule is CN1C(=O)[C@](O)(Cc2ccccc2)NC(=O)[C@@H]1Cc1c[nH]c2cccc(N([O-])O)c12. The smallest absolute Gasteiger partial charge is 0.276 e.